The fourth-order valence-corrected chi connectivity index (χ4v) is 3.35. The van der Waals surface area contributed by atoms with Crippen LogP contribution in [0, 0.1) is 0 Å². The zero-order valence-corrected chi connectivity index (χ0v) is 19.3. The number of hydrogen-bond donors (Lipinski definition) is 1. The van der Waals surface area contributed by atoms with Crippen LogP contribution in [0.15, 0.2) is 35.3 Å². The summed E-state index contributed by atoms with van der Waals surface area (Å²) in [6.07, 6.45) is 0. The van der Waals surface area contributed by atoms with E-state index in [1.54, 1.807) is 14.0 Å². The van der Waals surface area contributed by atoms with Crippen molar-refractivity contribution >= 4 is 52.6 Å². The van der Waals surface area contributed by atoms with E-state index in [2.05, 4.69) is 27.3 Å². The molecule has 1 fully saturated rings. The summed E-state index contributed by atoms with van der Waals surface area (Å²) in [7, 11) is 5.80. The summed E-state index contributed by atoms with van der Waals surface area (Å²) in [6.45, 7) is 5.35. The second kappa shape index (κ2) is 9.90. The average Bonchev–Trinajstić information content (AvgIpc) is 2.68. The van der Waals surface area contributed by atoms with Crippen LogP contribution in [0.4, 0.5) is 5.82 Å². The lowest BCUT2D eigenvalue weighted by Gasteiger charge is -2.36. The highest BCUT2D eigenvalue weighted by Gasteiger charge is 2.21. The van der Waals surface area contributed by atoms with Crippen LogP contribution in [-0.2, 0) is 11.3 Å². The summed E-state index contributed by atoms with van der Waals surface area (Å²) >= 11 is 0. The lowest BCUT2D eigenvalue weighted by atomic mass is 10.1. The number of aliphatic imine (C=N–C) groups is 1. The number of guanidine groups is 1. The standard InChI is InChI=1S/C20H28N6O.HI/c1-15(27)25-9-11-26(12-10-25)20(21-2)22-14-16-13-19(24(3)4)23-18-8-6-5-7-17(16)18;/h5-8,13H,9-12,14H2,1-4H3,(H,21,22);1H. The predicted octanol–water partition coefficient (Wildman–Crippen LogP) is 2.16. The van der Waals surface area contributed by atoms with E-state index in [0.29, 0.717) is 6.54 Å². The van der Waals surface area contributed by atoms with Crippen molar-refractivity contribution in [2.45, 2.75) is 13.5 Å². The third-order valence-electron chi connectivity index (χ3n) is 4.92. The summed E-state index contributed by atoms with van der Waals surface area (Å²) in [5.41, 5.74) is 2.18. The Hall–Kier alpha value is -2.10. The van der Waals surface area contributed by atoms with Gasteiger partial charge in [0.25, 0.3) is 0 Å². The molecule has 1 amide bonds. The molecule has 2 heterocycles. The van der Waals surface area contributed by atoms with Crippen LogP contribution in [0.2, 0.25) is 0 Å². The molecule has 0 radical (unpaired) electrons. The SMILES string of the molecule is CN=C(NCc1cc(N(C)C)nc2ccccc12)N1CCN(C(C)=O)CC1.I. The van der Waals surface area contributed by atoms with Gasteiger partial charge in [0.05, 0.1) is 5.52 Å². The molecule has 7 nitrogen and oxygen atoms in total. The number of piperazine rings is 1. The molecular formula is C20H29IN6O. The molecule has 0 unspecified atom stereocenters. The first kappa shape index (κ1) is 22.2. The van der Waals surface area contributed by atoms with Gasteiger partial charge in [0, 0.05) is 66.2 Å². The number of halogens is 1. The van der Waals surface area contributed by atoms with Crippen molar-refractivity contribution in [3.05, 3.63) is 35.9 Å². The van der Waals surface area contributed by atoms with E-state index in [1.807, 2.05) is 42.1 Å². The molecule has 2 aromatic rings. The highest BCUT2D eigenvalue weighted by atomic mass is 127. The molecule has 1 saturated heterocycles. The Balaban J connectivity index is 0.00000280. The van der Waals surface area contributed by atoms with Gasteiger partial charge in [-0.3, -0.25) is 9.79 Å². The van der Waals surface area contributed by atoms with Gasteiger partial charge in [0.15, 0.2) is 5.96 Å². The van der Waals surface area contributed by atoms with Crippen molar-refractivity contribution in [3.63, 3.8) is 0 Å². The molecular weight excluding hydrogens is 467 g/mol. The molecule has 0 atom stereocenters. The van der Waals surface area contributed by atoms with Gasteiger partial charge < -0.3 is 20.0 Å². The lowest BCUT2D eigenvalue weighted by Crippen LogP contribution is -2.53. The maximum Gasteiger partial charge on any atom is 0.219 e. The van der Waals surface area contributed by atoms with E-state index in [4.69, 9.17) is 4.98 Å². The topological polar surface area (TPSA) is 64.1 Å². The van der Waals surface area contributed by atoms with Crippen LogP contribution in [0.3, 0.4) is 0 Å². The van der Waals surface area contributed by atoms with Gasteiger partial charge in [0.1, 0.15) is 5.82 Å². The molecule has 0 aliphatic carbocycles. The number of carbonyl (C=O) groups is 1. The first-order valence-corrected chi connectivity index (χ1v) is 9.26. The third-order valence-corrected chi connectivity index (χ3v) is 4.92. The van der Waals surface area contributed by atoms with E-state index in [9.17, 15) is 4.79 Å². The molecule has 1 aromatic heterocycles. The summed E-state index contributed by atoms with van der Waals surface area (Å²) < 4.78 is 0. The summed E-state index contributed by atoms with van der Waals surface area (Å²) in [6, 6.07) is 10.3. The van der Waals surface area contributed by atoms with Gasteiger partial charge in [-0.15, -0.1) is 24.0 Å². The minimum absolute atomic E-state index is 0. The maximum absolute atomic E-state index is 11.5. The van der Waals surface area contributed by atoms with Gasteiger partial charge in [0.2, 0.25) is 5.91 Å². The molecule has 3 rings (SSSR count). The number of fused-ring (bicyclic) bond motifs is 1. The van der Waals surface area contributed by atoms with E-state index in [1.165, 1.54) is 5.56 Å². The highest BCUT2D eigenvalue weighted by Crippen LogP contribution is 2.22. The number of aromatic nitrogens is 1. The number of rotatable bonds is 3. The number of anilines is 1. The van der Waals surface area contributed by atoms with Gasteiger partial charge in [-0.05, 0) is 17.7 Å². The highest BCUT2D eigenvalue weighted by molar-refractivity contribution is 14.0. The minimum Gasteiger partial charge on any atom is -0.363 e. The van der Waals surface area contributed by atoms with Crippen LogP contribution >= 0.6 is 24.0 Å². The van der Waals surface area contributed by atoms with Crippen molar-refractivity contribution in [2.24, 2.45) is 4.99 Å². The quantitative estimate of drug-likeness (QED) is 0.401. The van der Waals surface area contributed by atoms with Crippen LogP contribution in [0.5, 0.6) is 0 Å². The third kappa shape index (κ3) is 5.03. The van der Waals surface area contributed by atoms with Crippen molar-refractivity contribution in [2.75, 3.05) is 52.2 Å². The van der Waals surface area contributed by atoms with Crippen molar-refractivity contribution in [1.29, 1.82) is 0 Å². The normalized spacial score (nSPS) is 14.6. The summed E-state index contributed by atoms with van der Waals surface area (Å²) in [5, 5.41) is 4.63. The Morgan fingerprint density at radius 1 is 1.18 bits per heavy atom. The van der Waals surface area contributed by atoms with Crippen LogP contribution in [0.1, 0.15) is 12.5 Å². The largest absolute Gasteiger partial charge is 0.363 e. The number of para-hydroxylation sites is 1. The molecule has 28 heavy (non-hydrogen) atoms. The fraction of sp³-hybridized carbons (Fsp3) is 0.450. The first-order valence-electron chi connectivity index (χ1n) is 9.26. The molecule has 8 heteroatoms. The van der Waals surface area contributed by atoms with Crippen molar-refractivity contribution in [1.82, 2.24) is 20.1 Å². The van der Waals surface area contributed by atoms with E-state index < -0.39 is 0 Å². The number of nitrogens with zero attached hydrogens (tertiary/aromatic N) is 5. The number of benzene rings is 1. The summed E-state index contributed by atoms with van der Waals surface area (Å²) in [4.78, 5) is 26.8. The monoisotopic (exact) mass is 496 g/mol. The number of hydrogen-bond acceptors (Lipinski definition) is 4. The Labute approximate surface area is 183 Å². The van der Waals surface area contributed by atoms with E-state index in [-0.39, 0.29) is 29.9 Å². The lowest BCUT2D eigenvalue weighted by molar-refractivity contribution is -0.130. The zero-order chi connectivity index (χ0) is 19.4. The van der Waals surface area contributed by atoms with E-state index in [0.717, 1.165) is 48.9 Å². The number of nitrogens with one attached hydrogen (secondary N) is 1. The fourth-order valence-electron chi connectivity index (χ4n) is 3.35. The Kier molecular flexibility index (Phi) is 7.85. The van der Waals surface area contributed by atoms with Crippen LogP contribution in [-0.4, -0.2) is 74.0 Å². The van der Waals surface area contributed by atoms with Gasteiger partial charge >= 0.3 is 0 Å². The van der Waals surface area contributed by atoms with Crippen molar-refractivity contribution < 1.29 is 4.79 Å². The number of pyridine rings is 1. The second-order valence-corrected chi connectivity index (χ2v) is 6.95. The summed E-state index contributed by atoms with van der Waals surface area (Å²) in [5.74, 6) is 1.94. The molecule has 0 bridgehead atoms. The number of carbonyl (C=O) groups excluding carboxylic acids is 1. The number of amides is 1. The van der Waals surface area contributed by atoms with Crippen molar-refractivity contribution in [3.8, 4) is 0 Å². The Bertz CT molecular complexity index is 846. The van der Waals surface area contributed by atoms with Gasteiger partial charge in [-0.1, -0.05) is 18.2 Å². The average molecular weight is 496 g/mol. The molecule has 1 aliphatic rings. The van der Waals surface area contributed by atoms with E-state index >= 15 is 0 Å². The molecule has 152 valence electrons. The molecule has 0 spiro atoms. The zero-order valence-electron chi connectivity index (χ0n) is 17.0. The molecule has 1 aromatic carbocycles. The molecule has 0 saturated carbocycles. The van der Waals surface area contributed by atoms with Gasteiger partial charge in [-0.25, -0.2) is 4.98 Å². The smallest absolute Gasteiger partial charge is 0.219 e. The Morgan fingerprint density at radius 3 is 2.43 bits per heavy atom. The maximum atomic E-state index is 11.5. The van der Waals surface area contributed by atoms with Crippen LogP contribution in [0.25, 0.3) is 10.9 Å². The molecule has 1 aliphatic heterocycles. The predicted molar refractivity (Wildman–Crippen MR) is 126 cm³/mol. The second-order valence-electron chi connectivity index (χ2n) is 6.95. The molecule has 1 N–H and O–H groups in total. The first-order chi connectivity index (χ1) is 13.0. The minimum atomic E-state index is 0. The van der Waals surface area contributed by atoms with Gasteiger partial charge in [-0.2, -0.15) is 0 Å². The Morgan fingerprint density at radius 2 is 1.82 bits per heavy atom. The van der Waals surface area contributed by atoms with Crippen LogP contribution < -0.4 is 10.2 Å².